The van der Waals surface area contributed by atoms with Gasteiger partial charge in [-0.15, -0.1) is 5.10 Å². The van der Waals surface area contributed by atoms with E-state index in [9.17, 15) is 0 Å². The molecule has 1 saturated heterocycles. The molecule has 30 heavy (non-hydrogen) atoms. The summed E-state index contributed by atoms with van der Waals surface area (Å²) in [5.41, 5.74) is 1.55. The minimum Gasteiger partial charge on any atom is -0.355 e. The quantitative estimate of drug-likeness (QED) is 0.493. The molecule has 4 aromatic rings. The van der Waals surface area contributed by atoms with Gasteiger partial charge in [0.1, 0.15) is 11.4 Å². The number of nitrogens with zero attached hydrogens (tertiary/aromatic N) is 8. The molecule has 0 aliphatic carbocycles. The summed E-state index contributed by atoms with van der Waals surface area (Å²) in [6.07, 6.45) is 1.93. The molecule has 1 aliphatic heterocycles. The molecule has 154 valence electrons. The van der Waals surface area contributed by atoms with Crippen molar-refractivity contribution in [3.05, 3.63) is 53.1 Å². The van der Waals surface area contributed by atoms with E-state index < -0.39 is 11.7 Å². The second-order valence-corrected chi connectivity index (χ2v) is 7.22. The van der Waals surface area contributed by atoms with E-state index >= 15 is 8.78 Å². The van der Waals surface area contributed by atoms with Crippen molar-refractivity contribution >= 4 is 17.0 Å². The first-order valence-corrected chi connectivity index (χ1v) is 9.62. The number of aromatic nitrogens is 7. The summed E-state index contributed by atoms with van der Waals surface area (Å²) in [4.78, 5) is 10.4. The summed E-state index contributed by atoms with van der Waals surface area (Å²) in [6, 6.07) is 7.54. The van der Waals surface area contributed by atoms with Crippen molar-refractivity contribution in [1.29, 1.82) is 0 Å². The molecule has 0 N–H and O–H groups in total. The molecule has 0 bridgehead atoms. The minimum absolute atomic E-state index is 0.151. The van der Waals surface area contributed by atoms with E-state index in [1.807, 2.05) is 4.90 Å². The maximum atomic E-state index is 15.3. The van der Waals surface area contributed by atoms with Gasteiger partial charge in [-0.25, -0.2) is 19.3 Å². The molecule has 0 spiro atoms. The third-order valence-electron chi connectivity index (χ3n) is 5.21. The van der Waals surface area contributed by atoms with Gasteiger partial charge in [-0.05, 0) is 19.8 Å². The molecule has 4 heterocycles. The Morgan fingerprint density at radius 1 is 1.07 bits per heavy atom. The highest BCUT2D eigenvalue weighted by Gasteiger charge is 2.39. The summed E-state index contributed by atoms with van der Waals surface area (Å²) >= 11 is 0. The number of hydrogen-bond donors (Lipinski definition) is 0. The zero-order chi connectivity index (χ0) is 20.7. The summed E-state index contributed by atoms with van der Waals surface area (Å²) in [7, 11) is 0. The molecule has 3 aromatic heterocycles. The highest BCUT2D eigenvalue weighted by atomic mass is 19.3. The van der Waals surface area contributed by atoms with Gasteiger partial charge < -0.3 is 4.90 Å². The Labute approximate surface area is 169 Å². The molecular formula is C19H18F2N8O. The van der Waals surface area contributed by atoms with Gasteiger partial charge in [0.05, 0.1) is 6.54 Å². The van der Waals surface area contributed by atoms with Crippen LogP contribution >= 0.6 is 0 Å². The zero-order valence-electron chi connectivity index (χ0n) is 16.2. The molecule has 1 aliphatic rings. The van der Waals surface area contributed by atoms with Crippen molar-refractivity contribution in [3.63, 3.8) is 0 Å². The number of fused-ring (bicyclic) bond motifs is 1. The van der Waals surface area contributed by atoms with Crippen molar-refractivity contribution in [3.8, 4) is 0 Å². The number of benzene rings is 1. The van der Waals surface area contributed by atoms with Gasteiger partial charge in [0, 0.05) is 18.7 Å². The van der Waals surface area contributed by atoms with Crippen LogP contribution in [0.15, 0.2) is 35.0 Å². The van der Waals surface area contributed by atoms with E-state index in [4.69, 9.17) is 4.63 Å². The van der Waals surface area contributed by atoms with E-state index in [1.54, 1.807) is 25.1 Å². The lowest BCUT2D eigenvalue weighted by atomic mass is 10.1. The second-order valence-electron chi connectivity index (χ2n) is 7.22. The summed E-state index contributed by atoms with van der Waals surface area (Å²) in [5.74, 6) is -3.57. The fourth-order valence-electron chi connectivity index (χ4n) is 3.55. The highest BCUT2D eigenvalue weighted by Crippen LogP contribution is 2.36. The fraction of sp³-hybridized carbons (Fsp3) is 0.368. The number of halogens is 2. The molecule has 1 fully saturated rings. The first-order chi connectivity index (χ1) is 14.5. The minimum atomic E-state index is -3.37. The number of anilines is 1. The molecule has 5 rings (SSSR count). The topological polar surface area (TPSA) is 98.6 Å². The Morgan fingerprint density at radius 3 is 2.53 bits per heavy atom. The van der Waals surface area contributed by atoms with Crippen LogP contribution in [0.25, 0.3) is 11.2 Å². The van der Waals surface area contributed by atoms with Crippen molar-refractivity contribution in [2.45, 2.75) is 32.2 Å². The first kappa shape index (κ1) is 18.5. The van der Waals surface area contributed by atoms with Crippen LogP contribution in [0.4, 0.5) is 14.6 Å². The number of rotatable bonds is 5. The number of alkyl halides is 2. The predicted molar refractivity (Wildman–Crippen MR) is 102 cm³/mol. The van der Waals surface area contributed by atoms with Gasteiger partial charge in [0.15, 0.2) is 17.0 Å². The standard InChI is InChI=1S/C19H18F2N8O/c1-12-14(26-30-25-12)11-29-17-15(24-27-29)16(28-9-5-6-10-28)22-18(23-17)19(20,21)13-7-3-2-4-8-13/h2-4,7-8H,5-6,9-11H2,1H3. The molecule has 9 nitrogen and oxygen atoms in total. The van der Waals surface area contributed by atoms with Crippen molar-refractivity contribution in [2.24, 2.45) is 0 Å². The van der Waals surface area contributed by atoms with E-state index in [0.717, 1.165) is 25.9 Å². The Morgan fingerprint density at radius 2 is 1.83 bits per heavy atom. The Bertz CT molecular complexity index is 1180. The van der Waals surface area contributed by atoms with Crippen molar-refractivity contribution < 1.29 is 13.4 Å². The normalized spacial score (nSPS) is 14.7. The van der Waals surface area contributed by atoms with Crippen LogP contribution in [0, 0.1) is 6.92 Å². The fourth-order valence-corrected chi connectivity index (χ4v) is 3.55. The molecule has 0 amide bonds. The van der Waals surface area contributed by atoms with Gasteiger partial charge in [-0.3, -0.25) is 0 Å². The van der Waals surface area contributed by atoms with Crippen LogP contribution in [0.1, 0.15) is 35.6 Å². The van der Waals surface area contributed by atoms with E-state index in [1.165, 1.54) is 16.8 Å². The molecule has 0 atom stereocenters. The van der Waals surface area contributed by atoms with Gasteiger partial charge in [-0.1, -0.05) is 45.9 Å². The molecular weight excluding hydrogens is 394 g/mol. The third kappa shape index (κ3) is 3.06. The lowest BCUT2D eigenvalue weighted by molar-refractivity contribution is 0.0332. The number of aryl methyl sites for hydroxylation is 1. The molecule has 1 aromatic carbocycles. The van der Waals surface area contributed by atoms with Gasteiger partial charge in [0.2, 0.25) is 5.82 Å². The van der Waals surface area contributed by atoms with E-state index in [-0.39, 0.29) is 17.8 Å². The average molecular weight is 412 g/mol. The number of hydrogen-bond acceptors (Lipinski definition) is 8. The van der Waals surface area contributed by atoms with Crippen LogP contribution in [0.3, 0.4) is 0 Å². The van der Waals surface area contributed by atoms with Crippen LogP contribution < -0.4 is 4.90 Å². The van der Waals surface area contributed by atoms with Crippen LogP contribution in [0.5, 0.6) is 0 Å². The second kappa shape index (κ2) is 7.08. The average Bonchev–Trinajstić information content (AvgIpc) is 3.51. The van der Waals surface area contributed by atoms with Gasteiger partial charge >= 0.3 is 5.92 Å². The third-order valence-corrected chi connectivity index (χ3v) is 5.21. The van der Waals surface area contributed by atoms with Crippen molar-refractivity contribution in [1.82, 2.24) is 35.3 Å². The summed E-state index contributed by atoms with van der Waals surface area (Å²) < 4.78 is 36.8. The molecule has 11 heteroatoms. The van der Waals surface area contributed by atoms with Crippen molar-refractivity contribution in [2.75, 3.05) is 18.0 Å². The van der Waals surface area contributed by atoms with Crippen LogP contribution in [-0.4, -0.2) is 48.4 Å². The largest absolute Gasteiger partial charge is 0.355 e. The predicted octanol–water partition coefficient (Wildman–Crippen LogP) is 2.70. The lowest BCUT2D eigenvalue weighted by Crippen LogP contribution is -2.25. The van der Waals surface area contributed by atoms with Gasteiger partial charge in [-0.2, -0.15) is 8.78 Å². The Hall–Kier alpha value is -3.50. The zero-order valence-corrected chi connectivity index (χ0v) is 16.2. The van der Waals surface area contributed by atoms with Gasteiger partial charge in [0.25, 0.3) is 0 Å². The van der Waals surface area contributed by atoms with E-state index in [2.05, 4.69) is 30.6 Å². The molecule has 0 radical (unpaired) electrons. The molecule has 0 unspecified atom stereocenters. The Balaban J connectivity index is 1.67. The smallest absolute Gasteiger partial charge is 0.331 e. The monoisotopic (exact) mass is 412 g/mol. The SMILES string of the molecule is Cc1nonc1Cn1nnc2c(N3CCCC3)nc(C(F)(F)c3ccccc3)nc21. The highest BCUT2D eigenvalue weighted by molar-refractivity contribution is 5.83. The van der Waals surface area contributed by atoms with E-state index in [0.29, 0.717) is 22.7 Å². The van der Waals surface area contributed by atoms with Crippen LogP contribution in [-0.2, 0) is 12.5 Å². The Kier molecular flexibility index (Phi) is 4.37. The maximum absolute atomic E-state index is 15.3. The summed E-state index contributed by atoms with van der Waals surface area (Å²) in [5, 5.41) is 15.9. The summed E-state index contributed by atoms with van der Waals surface area (Å²) in [6.45, 7) is 3.34. The van der Waals surface area contributed by atoms with Crippen LogP contribution in [0.2, 0.25) is 0 Å². The lowest BCUT2D eigenvalue weighted by Gasteiger charge is -2.20. The maximum Gasteiger partial charge on any atom is 0.331 e. The molecule has 0 saturated carbocycles. The first-order valence-electron chi connectivity index (χ1n) is 9.62.